The molecule has 1 heterocycles. The molecule has 1 saturated heterocycles. The molecule has 0 radical (unpaired) electrons. The lowest BCUT2D eigenvalue weighted by molar-refractivity contribution is -0.132. The molecule has 0 saturated carbocycles. The number of sulfonamides is 1. The Balaban J connectivity index is 1.92. The molecule has 0 bridgehead atoms. The van der Waals surface area contributed by atoms with E-state index in [2.05, 4.69) is 13.8 Å². The van der Waals surface area contributed by atoms with Gasteiger partial charge in [0.2, 0.25) is 5.91 Å². The summed E-state index contributed by atoms with van der Waals surface area (Å²) in [4.78, 5) is 14.7. The van der Waals surface area contributed by atoms with Crippen LogP contribution >= 0.6 is 0 Å². The third-order valence-corrected chi connectivity index (χ3v) is 6.73. The van der Waals surface area contributed by atoms with E-state index in [0.717, 1.165) is 22.9 Å². The zero-order valence-electron chi connectivity index (χ0n) is 16.1. The second-order valence-electron chi connectivity index (χ2n) is 7.55. The maximum atomic E-state index is 13.3. The van der Waals surface area contributed by atoms with Gasteiger partial charge in [0.05, 0.1) is 10.6 Å². The summed E-state index contributed by atoms with van der Waals surface area (Å²) in [5, 5.41) is 0. The maximum Gasteiger partial charge on any atom is 0.264 e. The van der Waals surface area contributed by atoms with Crippen molar-refractivity contribution < 1.29 is 17.6 Å². The van der Waals surface area contributed by atoms with E-state index in [1.165, 1.54) is 12.1 Å². The highest BCUT2D eigenvalue weighted by Crippen LogP contribution is 2.25. The van der Waals surface area contributed by atoms with Crippen LogP contribution in [0.4, 0.5) is 10.1 Å². The van der Waals surface area contributed by atoms with Gasteiger partial charge in [0.15, 0.2) is 0 Å². The fraction of sp³-hybridized carbons (Fsp3) is 0.381. The molecular formula is C21H25FN2O3S. The van der Waals surface area contributed by atoms with Crippen LogP contribution in [0.25, 0.3) is 0 Å². The van der Waals surface area contributed by atoms with Crippen molar-refractivity contribution in [3.8, 4) is 0 Å². The number of anilines is 1. The Morgan fingerprint density at radius 2 is 1.61 bits per heavy atom. The first-order valence-corrected chi connectivity index (χ1v) is 10.8. The van der Waals surface area contributed by atoms with Crippen molar-refractivity contribution in [1.82, 2.24) is 4.90 Å². The molecule has 1 aliphatic rings. The van der Waals surface area contributed by atoms with Crippen LogP contribution in [0, 0.1) is 17.7 Å². The smallest absolute Gasteiger partial charge is 0.264 e. The van der Waals surface area contributed by atoms with Crippen LogP contribution in [0.15, 0.2) is 59.5 Å². The quantitative estimate of drug-likeness (QED) is 0.766. The number of hydrogen-bond acceptors (Lipinski definition) is 3. The SMILES string of the molecule is CC1CC(C)CN(C(=O)CN(c2ccccc2)S(=O)(=O)c2ccc(F)cc2)C1. The van der Waals surface area contributed by atoms with Crippen molar-refractivity contribution >= 4 is 21.6 Å². The molecule has 5 nitrogen and oxygen atoms in total. The minimum atomic E-state index is -4.01. The molecule has 3 rings (SSSR count). The van der Waals surface area contributed by atoms with Gasteiger partial charge >= 0.3 is 0 Å². The van der Waals surface area contributed by atoms with Gasteiger partial charge in [0, 0.05) is 13.1 Å². The number of likely N-dealkylation sites (tertiary alicyclic amines) is 1. The van der Waals surface area contributed by atoms with Crippen LogP contribution in [-0.2, 0) is 14.8 Å². The third-order valence-electron chi connectivity index (χ3n) is 4.95. The number of piperidine rings is 1. The molecule has 150 valence electrons. The van der Waals surface area contributed by atoms with E-state index in [1.54, 1.807) is 35.2 Å². The summed E-state index contributed by atoms with van der Waals surface area (Å²) in [5.74, 6) is 0.0173. The second kappa shape index (κ2) is 8.31. The largest absolute Gasteiger partial charge is 0.341 e. The zero-order chi connectivity index (χ0) is 20.3. The van der Waals surface area contributed by atoms with Crippen LogP contribution < -0.4 is 4.31 Å². The Bertz CT molecular complexity index is 906. The molecule has 1 aliphatic heterocycles. The van der Waals surface area contributed by atoms with Crippen LogP contribution in [0.5, 0.6) is 0 Å². The van der Waals surface area contributed by atoms with Crippen LogP contribution in [-0.4, -0.2) is 38.9 Å². The van der Waals surface area contributed by atoms with Crippen molar-refractivity contribution in [1.29, 1.82) is 0 Å². The summed E-state index contributed by atoms with van der Waals surface area (Å²) < 4.78 is 40.8. The van der Waals surface area contributed by atoms with Gasteiger partial charge in [-0.25, -0.2) is 12.8 Å². The number of hydrogen-bond donors (Lipinski definition) is 0. The van der Waals surface area contributed by atoms with Gasteiger partial charge in [-0.2, -0.15) is 0 Å². The first kappa shape index (κ1) is 20.3. The average Bonchev–Trinajstić information content (AvgIpc) is 2.66. The van der Waals surface area contributed by atoms with Crippen molar-refractivity contribution in [2.24, 2.45) is 11.8 Å². The Morgan fingerprint density at radius 1 is 1.04 bits per heavy atom. The van der Waals surface area contributed by atoms with Crippen molar-refractivity contribution in [3.63, 3.8) is 0 Å². The first-order chi connectivity index (χ1) is 13.3. The standard InChI is InChI=1S/C21H25FN2O3S/c1-16-12-17(2)14-23(13-16)21(25)15-24(19-6-4-3-5-7-19)28(26,27)20-10-8-18(22)9-11-20/h3-11,16-17H,12-15H2,1-2H3. The number of carbonyl (C=O) groups excluding carboxylic acids is 1. The summed E-state index contributed by atoms with van der Waals surface area (Å²) in [6, 6.07) is 13.2. The number of amides is 1. The lowest BCUT2D eigenvalue weighted by Gasteiger charge is -2.36. The monoisotopic (exact) mass is 404 g/mol. The molecule has 0 N–H and O–H groups in total. The predicted octanol–water partition coefficient (Wildman–Crippen LogP) is 3.53. The molecule has 0 aliphatic carbocycles. The maximum absolute atomic E-state index is 13.3. The molecule has 7 heteroatoms. The van der Waals surface area contributed by atoms with Crippen molar-refractivity contribution in [3.05, 3.63) is 60.4 Å². The minimum Gasteiger partial charge on any atom is -0.341 e. The van der Waals surface area contributed by atoms with E-state index in [-0.39, 0.29) is 17.3 Å². The van der Waals surface area contributed by atoms with Crippen molar-refractivity contribution in [2.75, 3.05) is 23.9 Å². The van der Waals surface area contributed by atoms with E-state index in [0.29, 0.717) is 30.6 Å². The summed E-state index contributed by atoms with van der Waals surface area (Å²) in [7, 11) is -4.01. The Kier molecular flexibility index (Phi) is 6.03. The molecule has 0 aromatic heterocycles. The minimum absolute atomic E-state index is 0.0501. The lowest BCUT2D eigenvalue weighted by atomic mass is 9.92. The topological polar surface area (TPSA) is 57.7 Å². The van der Waals surface area contributed by atoms with Gasteiger partial charge in [-0.3, -0.25) is 9.10 Å². The molecular weight excluding hydrogens is 379 g/mol. The van der Waals surface area contributed by atoms with Crippen molar-refractivity contribution in [2.45, 2.75) is 25.2 Å². The molecule has 2 aromatic rings. The Morgan fingerprint density at radius 3 is 2.18 bits per heavy atom. The predicted molar refractivity (Wildman–Crippen MR) is 107 cm³/mol. The van der Waals surface area contributed by atoms with E-state index in [9.17, 15) is 17.6 Å². The molecule has 28 heavy (non-hydrogen) atoms. The third kappa shape index (κ3) is 4.52. The molecule has 2 unspecified atom stereocenters. The Hall–Kier alpha value is -2.41. The van der Waals surface area contributed by atoms with Gasteiger partial charge in [-0.05, 0) is 54.7 Å². The average molecular weight is 405 g/mol. The molecule has 1 amide bonds. The normalized spacial score (nSPS) is 20.0. The summed E-state index contributed by atoms with van der Waals surface area (Å²) in [6.45, 7) is 5.16. The number of para-hydroxylation sites is 1. The highest BCUT2D eigenvalue weighted by molar-refractivity contribution is 7.92. The first-order valence-electron chi connectivity index (χ1n) is 9.38. The van der Waals surface area contributed by atoms with Gasteiger partial charge in [0.25, 0.3) is 10.0 Å². The van der Waals surface area contributed by atoms with E-state index in [1.807, 2.05) is 0 Å². The fourth-order valence-electron chi connectivity index (χ4n) is 3.73. The van der Waals surface area contributed by atoms with E-state index in [4.69, 9.17) is 0 Å². The van der Waals surface area contributed by atoms with Crippen LogP contribution in [0.3, 0.4) is 0 Å². The van der Waals surface area contributed by atoms with Gasteiger partial charge < -0.3 is 4.90 Å². The summed E-state index contributed by atoms with van der Waals surface area (Å²) in [6.07, 6.45) is 1.06. The van der Waals surface area contributed by atoms with Gasteiger partial charge in [0.1, 0.15) is 12.4 Å². The number of carbonyl (C=O) groups is 1. The van der Waals surface area contributed by atoms with E-state index < -0.39 is 15.8 Å². The summed E-state index contributed by atoms with van der Waals surface area (Å²) >= 11 is 0. The van der Waals surface area contributed by atoms with E-state index >= 15 is 0 Å². The zero-order valence-corrected chi connectivity index (χ0v) is 16.9. The number of nitrogens with zero attached hydrogens (tertiary/aromatic N) is 2. The number of benzene rings is 2. The Labute approximate surface area is 165 Å². The second-order valence-corrected chi connectivity index (χ2v) is 9.41. The molecule has 1 fully saturated rings. The van der Waals surface area contributed by atoms with Crippen LogP contribution in [0.2, 0.25) is 0 Å². The molecule has 2 atom stereocenters. The highest BCUT2D eigenvalue weighted by atomic mass is 32.2. The number of rotatable bonds is 5. The fourth-order valence-corrected chi connectivity index (χ4v) is 5.15. The molecule has 2 aromatic carbocycles. The highest BCUT2D eigenvalue weighted by Gasteiger charge is 2.31. The molecule has 0 spiro atoms. The lowest BCUT2D eigenvalue weighted by Crippen LogP contribution is -2.48. The van der Waals surface area contributed by atoms with Crippen LogP contribution in [0.1, 0.15) is 20.3 Å². The summed E-state index contributed by atoms with van der Waals surface area (Å²) in [5.41, 5.74) is 0.401. The number of halogens is 1. The van der Waals surface area contributed by atoms with Gasteiger partial charge in [-0.15, -0.1) is 0 Å². The van der Waals surface area contributed by atoms with Gasteiger partial charge in [-0.1, -0.05) is 32.0 Å².